The zero-order valence-electron chi connectivity index (χ0n) is 10.7. The maximum Gasteiger partial charge on any atom is 0.358 e. The summed E-state index contributed by atoms with van der Waals surface area (Å²) in [5.74, 6) is -0.685. The second-order valence-electron chi connectivity index (χ2n) is 4.67. The molecule has 6 nitrogen and oxygen atoms in total. The predicted octanol–water partition coefficient (Wildman–Crippen LogP) is 3.07. The third-order valence-electron chi connectivity index (χ3n) is 3.38. The van der Waals surface area contributed by atoms with Crippen molar-refractivity contribution < 1.29 is 14.4 Å². The number of aromatic amines is 1. The van der Waals surface area contributed by atoms with E-state index in [2.05, 4.69) is 15.1 Å². The summed E-state index contributed by atoms with van der Waals surface area (Å²) in [7, 11) is 0. The molecule has 0 aliphatic heterocycles. The van der Waals surface area contributed by atoms with Crippen molar-refractivity contribution in [3.05, 3.63) is 48.3 Å². The second-order valence-corrected chi connectivity index (χ2v) is 4.67. The summed E-state index contributed by atoms with van der Waals surface area (Å²) in [4.78, 5) is 18.4. The van der Waals surface area contributed by atoms with Crippen molar-refractivity contribution in [1.29, 1.82) is 0 Å². The van der Waals surface area contributed by atoms with Crippen LogP contribution in [0, 0.1) is 0 Å². The van der Waals surface area contributed by atoms with Gasteiger partial charge in [0, 0.05) is 34.1 Å². The van der Waals surface area contributed by atoms with Gasteiger partial charge >= 0.3 is 5.97 Å². The Bertz CT molecular complexity index is 984. The number of carbonyl (C=O) groups is 1. The van der Waals surface area contributed by atoms with Crippen molar-refractivity contribution in [2.24, 2.45) is 0 Å². The van der Waals surface area contributed by atoms with E-state index in [9.17, 15) is 4.79 Å². The first-order chi connectivity index (χ1) is 10.2. The number of aromatic carboxylic acids is 1. The van der Waals surface area contributed by atoms with Crippen molar-refractivity contribution in [2.45, 2.75) is 0 Å². The number of hydrogen-bond acceptors (Lipinski definition) is 4. The number of fused-ring (bicyclic) bond motifs is 3. The first-order valence-corrected chi connectivity index (χ1v) is 6.29. The van der Waals surface area contributed by atoms with Crippen LogP contribution in [0.25, 0.3) is 33.3 Å². The largest absolute Gasteiger partial charge is 0.476 e. The average molecular weight is 279 g/mol. The molecular weight excluding hydrogens is 270 g/mol. The molecule has 0 aliphatic rings. The van der Waals surface area contributed by atoms with Crippen LogP contribution in [0.5, 0.6) is 0 Å². The minimum absolute atomic E-state index is 0.106. The molecule has 0 spiro atoms. The smallest absolute Gasteiger partial charge is 0.358 e. The fourth-order valence-electron chi connectivity index (χ4n) is 2.39. The number of benzene rings is 1. The molecule has 0 amide bonds. The van der Waals surface area contributed by atoms with Crippen LogP contribution in [0.4, 0.5) is 0 Å². The van der Waals surface area contributed by atoms with Crippen LogP contribution in [0.3, 0.4) is 0 Å². The average Bonchev–Trinajstić information content (AvgIpc) is 3.11. The number of pyridine rings is 1. The van der Waals surface area contributed by atoms with Gasteiger partial charge < -0.3 is 14.6 Å². The summed E-state index contributed by atoms with van der Waals surface area (Å²) in [6.45, 7) is 0. The summed E-state index contributed by atoms with van der Waals surface area (Å²) in [5, 5.41) is 14.4. The van der Waals surface area contributed by atoms with Crippen molar-refractivity contribution in [1.82, 2.24) is 15.1 Å². The van der Waals surface area contributed by atoms with Crippen molar-refractivity contribution >= 4 is 27.9 Å². The number of carboxylic acid groups (broad SMARTS) is 1. The lowest BCUT2D eigenvalue weighted by atomic mass is 10.1. The molecule has 21 heavy (non-hydrogen) atoms. The molecule has 0 radical (unpaired) electrons. The van der Waals surface area contributed by atoms with Gasteiger partial charge in [-0.1, -0.05) is 5.16 Å². The molecule has 0 bridgehead atoms. The fourth-order valence-corrected chi connectivity index (χ4v) is 2.39. The molecule has 6 heteroatoms. The minimum Gasteiger partial charge on any atom is -0.476 e. The second kappa shape index (κ2) is 4.17. The maximum absolute atomic E-state index is 10.9. The first kappa shape index (κ1) is 11.7. The number of hydrogen-bond donors (Lipinski definition) is 2. The molecule has 4 aromatic rings. The molecule has 0 atom stereocenters. The normalized spacial score (nSPS) is 11.2. The van der Waals surface area contributed by atoms with E-state index >= 15 is 0 Å². The number of carboxylic acids is 1. The van der Waals surface area contributed by atoms with E-state index in [0.717, 1.165) is 27.5 Å². The number of H-pyrrole nitrogens is 1. The van der Waals surface area contributed by atoms with Crippen LogP contribution in [-0.2, 0) is 0 Å². The number of rotatable bonds is 2. The van der Waals surface area contributed by atoms with E-state index in [1.807, 2.05) is 30.3 Å². The highest BCUT2D eigenvalue weighted by atomic mass is 16.5. The van der Waals surface area contributed by atoms with Gasteiger partial charge in [0.2, 0.25) is 0 Å². The van der Waals surface area contributed by atoms with Crippen LogP contribution in [0.15, 0.2) is 47.1 Å². The summed E-state index contributed by atoms with van der Waals surface area (Å²) in [6, 6.07) is 11.0. The van der Waals surface area contributed by atoms with Gasteiger partial charge in [-0.2, -0.15) is 0 Å². The molecular formula is C15H9N3O3. The molecule has 0 fully saturated rings. The van der Waals surface area contributed by atoms with Gasteiger partial charge in [-0.3, -0.25) is 0 Å². The van der Waals surface area contributed by atoms with Gasteiger partial charge in [0.05, 0.1) is 0 Å². The van der Waals surface area contributed by atoms with E-state index in [1.165, 1.54) is 6.07 Å². The highest BCUT2D eigenvalue weighted by Crippen LogP contribution is 2.29. The third-order valence-corrected chi connectivity index (χ3v) is 3.38. The summed E-state index contributed by atoms with van der Waals surface area (Å²) >= 11 is 0. The molecule has 3 aromatic heterocycles. The molecule has 0 aliphatic carbocycles. The lowest BCUT2D eigenvalue weighted by molar-refractivity contribution is 0.0686. The standard InChI is InChI=1S/C15H9N3O3/c19-15(20)12-7-13(21-18-12)8-3-4-11-10(6-8)9-2-1-5-16-14(9)17-11/h1-7H,(H,16,17)(H,19,20). The van der Waals surface area contributed by atoms with Crippen LogP contribution >= 0.6 is 0 Å². The highest BCUT2D eigenvalue weighted by molar-refractivity contribution is 6.07. The maximum atomic E-state index is 10.9. The van der Waals surface area contributed by atoms with Gasteiger partial charge in [-0.15, -0.1) is 0 Å². The Labute approximate surface area is 118 Å². The van der Waals surface area contributed by atoms with E-state index in [1.54, 1.807) is 6.20 Å². The third kappa shape index (κ3) is 1.77. The van der Waals surface area contributed by atoms with E-state index < -0.39 is 5.97 Å². The molecule has 102 valence electrons. The first-order valence-electron chi connectivity index (χ1n) is 6.29. The fraction of sp³-hybridized carbons (Fsp3) is 0. The molecule has 0 unspecified atom stereocenters. The van der Waals surface area contributed by atoms with Crippen molar-refractivity contribution in [2.75, 3.05) is 0 Å². The van der Waals surface area contributed by atoms with Gasteiger partial charge in [0.1, 0.15) is 5.65 Å². The van der Waals surface area contributed by atoms with Crippen LogP contribution < -0.4 is 0 Å². The molecule has 2 N–H and O–H groups in total. The Hall–Kier alpha value is -3.15. The lowest BCUT2D eigenvalue weighted by Gasteiger charge is -1.96. The van der Waals surface area contributed by atoms with E-state index in [0.29, 0.717) is 5.76 Å². The van der Waals surface area contributed by atoms with Gasteiger partial charge in [-0.25, -0.2) is 9.78 Å². The Morgan fingerprint density at radius 1 is 1.19 bits per heavy atom. The number of nitrogens with zero attached hydrogens (tertiary/aromatic N) is 2. The monoisotopic (exact) mass is 279 g/mol. The molecule has 4 rings (SSSR count). The zero-order valence-corrected chi connectivity index (χ0v) is 10.7. The van der Waals surface area contributed by atoms with Crippen LogP contribution in [0.2, 0.25) is 0 Å². The highest BCUT2D eigenvalue weighted by Gasteiger charge is 2.13. The van der Waals surface area contributed by atoms with Gasteiger partial charge in [0.25, 0.3) is 0 Å². The van der Waals surface area contributed by atoms with Crippen molar-refractivity contribution in [3.63, 3.8) is 0 Å². The lowest BCUT2D eigenvalue weighted by Crippen LogP contribution is -1.94. The predicted molar refractivity (Wildman–Crippen MR) is 76.1 cm³/mol. The van der Waals surface area contributed by atoms with Gasteiger partial charge in [0.15, 0.2) is 11.5 Å². The summed E-state index contributed by atoms with van der Waals surface area (Å²) in [6.07, 6.45) is 1.73. The SMILES string of the molecule is O=C(O)c1cc(-c2ccc3[nH]c4ncccc4c3c2)on1. The Kier molecular flexibility index (Phi) is 2.32. The Morgan fingerprint density at radius 2 is 2.10 bits per heavy atom. The molecule has 0 saturated heterocycles. The van der Waals surface area contributed by atoms with E-state index in [4.69, 9.17) is 9.63 Å². The van der Waals surface area contributed by atoms with Crippen LogP contribution in [0.1, 0.15) is 10.5 Å². The number of nitrogens with one attached hydrogen (secondary N) is 1. The molecule has 0 saturated carbocycles. The quantitative estimate of drug-likeness (QED) is 0.588. The summed E-state index contributed by atoms with van der Waals surface area (Å²) in [5.41, 5.74) is 2.44. The zero-order chi connectivity index (χ0) is 14.4. The van der Waals surface area contributed by atoms with E-state index in [-0.39, 0.29) is 5.69 Å². The Morgan fingerprint density at radius 3 is 2.90 bits per heavy atom. The van der Waals surface area contributed by atoms with Crippen molar-refractivity contribution in [3.8, 4) is 11.3 Å². The topological polar surface area (TPSA) is 92.0 Å². The number of aromatic nitrogens is 3. The minimum atomic E-state index is -1.11. The molecule has 1 aromatic carbocycles. The van der Waals surface area contributed by atoms with Crippen LogP contribution in [-0.4, -0.2) is 26.2 Å². The van der Waals surface area contributed by atoms with Gasteiger partial charge in [-0.05, 0) is 30.3 Å². The molecule has 3 heterocycles. The summed E-state index contributed by atoms with van der Waals surface area (Å²) < 4.78 is 5.09. The Balaban J connectivity index is 1.92.